The Morgan fingerprint density at radius 3 is 2.21 bits per heavy atom. The molecule has 2 rings (SSSR count). The maximum absolute atomic E-state index is 13.4. The summed E-state index contributed by atoms with van der Waals surface area (Å²) in [7, 11) is 0. The summed E-state index contributed by atoms with van der Waals surface area (Å²) in [5, 5.41) is -0.932. The fourth-order valence-electron chi connectivity index (χ4n) is 1.64. The van der Waals surface area contributed by atoms with Crippen LogP contribution in [0.4, 0.5) is 26.3 Å². The number of fused-ring (bicyclic) bond motifs is 1. The van der Waals surface area contributed by atoms with Gasteiger partial charge in [0.2, 0.25) is 0 Å². The summed E-state index contributed by atoms with van der Waals surface area (Å²) in [5.74, 6) is -5.25. The Hall–Kier alpha value is -1.50. The second-order valence-corrected chi connectivity index (χ2v) is 4.16. The second kappa shape index (κ2) is 4.26. The van der Waals surface area contributed by atoms with Gasteiger partial charge in [-0.1, -0.05) is 11.6 Å². The molecule has 0 spiro atoms. The molecule has 19 heavy (non-hydrogen) atoms. The van der Waals surface area contributed by atoms with Gasteiger partial charge < -0.3 is 0 Å². The third-order valence-corrected chi connectivity index (χ3v) is 3.04. The first-order chi connectivity index (χ1) is 8.64. The third-order valence-electron chi connectivity index (χ3n) is 2.55. The summed E-state index contributed by atoms with van der Waals surface area (Å²) < 4.78 is 77.4. The summed E-state index contributed by atoms with van der Waals surface area (Å²) in [6.07, 6.45) is -4.88. The van der Waals surface area contributed by atoms with Crippen LogP contribution in [0.3, 0.4) is 0 Å². The number of pyridine rings is 1. The minimum atomic E-state index is -4.88. The van der Waals surface area contributed by atoms with E-state index in [-0.39, 0.29) is 0 Å². The van der Waals surface area contributed by atoms with Crippen LogP contribution in [0.15, 0.2) is 6.07 Å². The highest BCUT2D eigenvalue weighted by atomic mass is 35.5. The largest absolute Gasteiger partial charge is 0.433 e. The van der Waals surface area contributed by atoms with E-state index in [0.29, 0.717) is 6.07 Å². The van der Waals surface area contributed by atoms with Crippen LogP contribution < -0.4 is 0 Å². The monoisotopic (exact) mass is 299 g/mol. The Morgan fingerprint density at radius 2 is 1.68 bits per heavy atom. The van der Waals surface area contributed by atoms with Gasteiger partial charge in [0.15, 0.2) is 17.5 Å². The lowest BCUT2D eigenvalue weighted by atomic mass is 10.1. The van der Waals surface area contributed by atoms with Gasteiger partial charge in [0.05, 0.1) is 5.02 Å². The number of hydrogen-bond acceptors (Lipinski definition) is 1. The molecule has 0 amide bonds. The molecule has 0 bridgehead atoms. The Morgan fingerprint density at radius 1 is 1.11 bits per heavy atom. The van der Waals surface area contributed by atoms with Crippen LogP contribution in [0.5, 0.6) is 0 Å². The lowest BCUT2D eigenvalue weighted by molar-refractivity contribution is -0.141. The van der Waals surface area contributed by atoms with E-state index in [2.05, 4.69) is 4.98 Å². The average molecular weight is 300 g/mol. The van der Waals surface area contributed by atoms with E-state index in [4.69, 9.17) is 11.6 Å². The van der Waals surface area contributed by atoms with Gasteiger partial charge in [-0.2, -0.15) is 13.2 Å². The molecule has 1 aromatic carbocycles. The Balaban J connectivity index is 2.98. The Labute approximate surface area is 107 Å². The zero-order valence-corrected chi connectivity index (χ0v) is 9.93. The van der Waals surface area contributed by atoms with Crippen molar-refractivity contribution in [3.05, 3.63) is 39.8 Å². The molecule has 0 fully saturated rings. The minimum absolute atomic E-state index is 0.413. The van der Waals surface area contributed by atoms with Gasteiger partial charge in [0, 0.05) is 5.39 Å². The van der Waals surface area contributed by atoms with Gasteiger partial charge in [-0.15, -0.1) is 0 Å². The van der Waals surface area contributed by atoms with Gasteiger partial charge in [0.25, 0.3) is 0 Å². The van der Waals surface area contributed by atoms with Crippen molar-refractivity contribution in [2.24, 2.45) is 0 Å². The Kier molecular flexibility index (Phi) is 3.12. The highest BCUT2D eigenvalue weighted by Gasteiger charge is 2.36. The molecule has 0 radical (unpaired) electrons. The zero-order chi connectivity index (χ0) is 14.5. The van der Waals surface area contributed by atoms with Gasteiger partial charge in [0.1, 0.15) is 11.2 Å². The van der Waals surface area contributed by atoms with Crippen LogP contribution in [-0.4, -0.2) is 4.98 Å². The predicted molar refractivity (Wildman–Crippen MR) is 56.4 cm³/mol. The van der Waals surface area contributed by atoms with Crippen LogP contribution in [-0.2, 0) is 6.18 Å². The molecular weight excluding hydrogens is 296 g/mol. The Bertz CT molecular complexity index is 679. The van der Waals surface area contributed by atoms with Crippen molar-refractivity contribution < 1.29 is 26.3 Å². The molecule has 0 aliphatic rings. The topological polar surface area (TPSA) is 12.9 Å². The predicted octanol–water partition coefficient (Wildman–Crippen LogP) is 4.63. The molecule has 1 heterocycles. The summed E-state index contributed by atoms with van der Waals surface area (Å²) in [4.78, 5) is 3.02. The number of rotatable bonds is 0. The average Bonchev–Trinajstić information content (AvgIpc) is 2.30. The third kappa shape index (κ3) is 2.11. The second-order valence-electron chi connectivity index (χ2n) is 3.78. The summed E-state index contributed by atoms with van der Waals surface area (Å²) in [6, 6.07) is 0.510. The SMILES string of the molecule is Cc1c(C(F)(F)F)nc2c(F)c(F)c(F)cc2c1Cl. The van der Waals surface area contributed by atoms with Gasteiger partial charge >= 0.3 is 6.18 Å². The summed E-state index contributed by atoms with van der Waals surface area (Å²) >= 11 is 5.64. The van der Waals surface area contributed by atoms with Crippen molar-refractivity contribution >= 4 is 22.5 Å². The van der Waals surface area contributed by atoms with E-state index < -0.39 is 50.8 Å². The van der Waals surface area contributed by atoms with Gasteiger partial charge in [-0.25, -0.2) is 18.2 Å². The van der Waals surface area contributed by atoms with Crippen molar-refractivity contribution in [1.29, 1.82) is 0 Å². The number of halogens is 7. The molecule has 0 N–H and O–H groups in total. The van der Waals surface area contributed by atoms with Gasteiger partial charge in [-0.3, -0.25) is 0 Å². The molecule has 0 atom stereocenters. The molecule has 0 aliphatic heterocycles. The molecule has 0 aliphatic carbocycles. The van der Waals surface area contributed by atoms with Crippen LogP contribution >= 0.6 is 11.6 Å². The number of benzene rings is 1. The van der Waals surface area contributed by atoms with Gasteiger partial charge in [-0.05, 0) is 18.6 Å². The van der Waals surface area contributed by atoms with Crippen molar-refractivity contribution in [2.45, 2.75) is 13.1 Å². The molecule has 0 saturated heterocycles. The highest BCUT2D eigenvalue weighted by molar-refractivity contribution is 6.36. The van der Waals surface area contributed by atoms with E-state index >= 15 is 0 Å². The quantitative estimate of drug-likeness (QED) is 0.510. The number of aromatic nitrogens is 1. The zero-order valence-electron chi connectivity index (χ0n) is 9.17. The van der Waals surface area contributed by atoms with Crippen LogP contribution in [0, 0.1) is 24.4 Å². The van der Waals surface area contributed by atoms with Crippen molar-refractivity contribution in [3.63, 3.8) is 0 Å². The standard InChI is InChI=1S/C11H4ClF6N/c1-3-6(12)4-2-5(13)7(14)8(15)9(4)19-10(3)11(16,17)18/h2H,1H3. The van der Waals surface area contributed by atoms with Crippen molar-refractivity contribution in [1.82, 2.24) is 4.98 Å². The maximum atomic E-state index is 13.4. The fourth-order valence-corrected chi connectivity index (χ4v) is 1.87. The lowest BCUT2D eigenvalue weighted by Crippen LogP contribution is -2.12. The first kappa shape index (κ1) is 13.9. The summed E-state index contributed by atoms with van der Waals surface area (Å²) in [5.41, 5.74) is -2.87. The normalized spacial score (nSPS) is 12.2. The van der Waals surface area contributed by atoms with E-state index in [9.17, 15) is 26.3 Å². The first-order valence-corrected chi connectivity index (χ1v) is 5.23. The molecule has 2 aromatic rings. The molecule has 1 aromatic heterocycles. The van der Waals surface area contributed by atoms with E-state index in [1.54, 1.807) is 0 Å². The van der Waals surface area contributed by atoms with Crippen LogP contribution in [0.25, 0.3) is 10.9 Å². The molecule has 102 valence electrons. The van der Waals surface area contributed by atoms with E-state index in [1.807, 2.05) is 0 Å². The fraction of sp³-hybridized carbons (Fsp3) is 0.182. The number of nitrogens with zero attached hydrogens (tertiary/aromatic N) is 1. The molecule has 0 saturated carbocycles. The summed E-state index contributed by atoms with van der Waals surface area (Å²) in [6.45, 7) is 1.01. The van der Waals surface area contributed by atoms with Crippen molar-refractivity contribution in [3.8, 4) is 0 Å². The smallest absolute Gasteiger partial charge is 0.240 e. The van der Waals surface area contributed by atoms with Crippen molar-refractivity contribution in [2.75, 3.05) is 0 Å². The van der Waals surface area contributed by atoms with E-state index in [0.717, 1.165) is 6.92 Å². The molecule has 0 unspecified atom stereocenters. The minimum Gasteiger partial charge on any atom is -0.240 e. The van der Waals surface area contributed by atoms with E-state index in [1.165, 1.54) is 0 Å². The lowest BCUT2D eigenvalue weighted by Gasteiger charge is -2.13. The molecule has 1 nitrogen and oxygen atoms in total. The highest BCUT2D eigenvalue weighted by Crippen LogP contribution is 2.37. The number of alkyl halides is 3. The molecular formula is C11H4ClF6N. The number of hydrogen-bond donors (Lipinski definition) is 0. The maximum Gasteiger partial charge on any atom is 0.433 e. The van der Waals surface area contributed by atoms with Crippen LogP contribution in [0.1, 0.15) is 11.3 Å². The first-order valence-electron chi connectivity index (χ1n) is 4.85. The van der Waals surface area contributed by atoms with Crippen LogP contribution in [0.2, 0.25) is 5.02 Å². The molecule has 8 heteroatoms.